The molecule has 2 nitrogen and oxygen atoms in total. The van der Waals surface area contributed by atoms with Gasteiger partial charge in [-0.2, -0.15) is 35.1 Å². The van der Waals surface area contributed by atoms with E-state index in [-0.39, 0.29) is 12.8 Å². The first kappa shape index (κ1) is 17.9. The van der Waals surface area contributed by atoms with Crippen molar-refractivity contribution in [1.29, 1.82) is 0 Å². The summed E-state index contributed by atoms with van der Waals surface area (Å²) in [5.74, 6) is -31.5. The summed E-state index contributed by atoms with van der Waals surface area (Å²) in [6.45, 7) is -1.39. The fourth-order valence-electron chi connectivity index (χ4n) is 1.50. The highest BCUT2D eigenvalue weighted by atomic mass is 19.4. The Kier molecular flexibility index (Phi) is 4.48. The van der Waals surface area contributed by atoms with Crippen LogP contribution in [0.4, 0.5) is 39.5 Å². The van der Waals surface area contributed by atoms with Crippen LogP contribution in [0.1, 0.15) is 12.8 Å². The Hall–Kier alpha value is -1.13. The van der Waals surface area contributed by atoms with Gasteiger partial charge in [-0.1, -0.05) is 0 Å². The molecule has 0 bridgehead atoms. The van der Waals surface area contributed by atoms with Crippen molar-refractivity contribution in [1.82, 2.24) is 0 Å². The van der Waals surface area contributed by atoms with Crippen LogP contribution in [0, 0.1) is 0 Å². The molecule has 0 saturated heterocycles. The maximum Gasteiger partial charge on any atom is 0.386 e. The number of aliphatic hydroxyl groups excluding tert-OH is 1. The molecule has 0 fully saturated rings. The Labute approximate surface area is 112 Å². The van der Waals surface area contributed by atoms with Crippen LogP contribution in [0.25, 0.3) is 0 Å². The summed E-state index contributed by atoms with van der Waals surface area (Å²) in [6, 6.07) is 0. The molecule has 0 unspecified atom stereocenters. The van der Waals surface area contributed by atoms with E-state index >= 15 is 0 Å². The first-order valence-electron chi connectivity index (χ1n) is 5.51. The van der Waals surface area contributed by atoms with Crippen molar-refractivity contribution in [3.8, 4) is 0 Å². The maximum atomic E-state index is 13.2. The lowest BCUT2D eigenvalue weighted by atomic mass is 9.89. The van der Waals surface area contributed by atoms with Gasteiger partial charge in [0.15, 0.2) is 0 Å². The molecule has 0 atom stereocenters. The molecular weight excluding hydrogens is 323 g/mol. The molecule has 1 aliphatic carbocycles. The molecule has 0 aromatic rings. The van der Waals surface area contributed by atoms with E-state index in [1.54, 1.807) is 0 Å². The van der Waals surface area contributed by atoms with Crippen molar-refractivity contribution in [3.63, 3.8) is 0 Å². The molecule has 124 valence electrons. The third-order valence-corrected chi connectivity index (χ3v) is 2.74. The number of ether oxygens (including phenoxy) is 1. The van der Waals surface area contributed by atoms with Crippen molar-refractivity contribution in [2.24, 2.45) is 0 Å². The van der Waals surface area contributed by atoms with Gasteiger partial charge >= 0.3 is 23.7 Å². The monoisotopic (exact) mass is 332 g/mol. The van der Waals surface area contributed by atoms with Gasteiger partial charge < -0.3 is 9.84 Å². The van der Waals surface area contributed by atoms with Crippen molar-refractivity contribution in [2.45, 2.75) is 36.5 Å². The van der Waals surface area contributed by atoms with Crippen molar-refractivity contribution in [3.05, 3.63) is 11.6 Å². The SMILES string of the molecule is OCCCCOC1=C(F)C(F)(F)C(F)(F)C(F)(F)C1(F)F. The van der Waals surface area contributed by atoms with Crippen LogP contribution in [0.2, 0.25) is 0 Å². The van der Waals surface area contributed by atoms with Crippen molar-refractivity contribution >= 4 is 0 Å². The number of aliphatic hydroxyl groups is 1. The first-order chi connectivity index (χ1) is 9.35. The molecule has 21 heavy (non-hydrogen) atoms. The average molecular weight is 332 g/mol. The smallest absolute Gasteiger partial charge is 0.386 e. The Bertz CT molecular complexity index is 430. The molecule has 0 spiro atoms. The molecule has 11 heteroatoms. The number of allylic oxidation sites excluding steroid dienone is 2. The van der Waals surface area contributed by atoms with E-state index < -0.39 is 48.5 Å². The summed E-state index contributed by atoms with van der Waals surface area (Å²) in [5, 5.41) is 8.36. The van der Waals surface area contributed by atoms with E-state index in [0.29, 0.717) is 0 Å². The molecular formula is C10H9F9O2. The van der Waals surface area contributed by atoms with Crippen LogP contribution >= 0.6 is 0 Å². The van der Waals surface area contributed by atoms with Crippen LogP contribution in [0.5, 0.6) is 0 Å². The van der Waals surface area contributed by atoms with Gasteiger partial charge in [0.25, 0.3) is 0 Å². The molecule has 0 aromatic carbocycles. The molecule has 0 aliphatic heterocycles. The highest BCUT2D eigenvalue weighted by molar-refractivity contribution is 5.32. The van der Waals surface area contributed by atoms with E-state index in [9.17, 15) is 39.5 Å². The number of hydrogen-bond donors (Lipinski definition) is 1. The van der Waals surface area contributed by atoms with Crippen LogP contribution < -0.4 is 0 Å². The van der Waals surface area contributed by atoms with E-state index in [1.807, 2.05) is 0 Å². The summed E-state index contributed by atoms with van der Waals surface area (Å²) in [4.78, 5) is 0. The van der Waals surface area contributed by atoms with Crippen LogP contribution in [-0.4, -0.2) is 42.0 Å². The summed E-state index contributed by atoms with van der Waals surface area (Å²) < 4.78 is 121. The first-order valence-corrected chi connectivity index (χ1v) is 5.51. The maximum absolute atomic E-state index is 13.2. The summed E-state index contributed by atoms with van der Waals surface area (Å²) in [7, 11) is 0. The normalized spacial score (nSPS) is 25.8. The van der Waals surface area contributed by atoms with Gasteiger partial charge in [-0.15, -0.1) is 0 Å². The highest BCUT2D eigenvalue weighted by Gasteiger charge is 2.87. The Balaban J connectivity index is 3.26. The van der Waals surface area contributed by atoms with Crippen LogP contribution in [0.3, 0.4) is 0 Å². The minimum absolute atomic E-state index is 0.0799. The van der Waals surface area contributed by atoms with Crippen LogP contribution in [-0.2, 0) is 4.74 Å². The number of hydrogen-bond acceptors (Lipinski definition) is 2. The largest absolute Gasteiger partial charge is 0.489 e. The van der Waals surface area contributed by atoms with Crippen molar-refractivity contribution < 1.29 is 49.4 Å². The topological polar surface area (TPSA) is 29.5 Å². The lowest BCUT2D eigenvalue weighted by Crippen LogP contribution is -2.66. The molecule has 0 amide bonds. The number of alkyl halides is 8. The van der Waals surface area contributed by atoms with Gasteiger partial charge in [-0.3, -0.25) is 0 Å². The quantitative estimate of drug-likeness (QED) is 0.617. The number of rotatable bonds is 5. The Morgan fingerprint density at radius 1 is 0.810 bits per heavy atom. The summed E-state index contributed by atoms with van der Waals surface area (Å²) in [5.41, 5.74) is 0. The molecule has 1 N–H and O–H groups in total. The Morgan fingerprint density at radius 3 is 1.76 bits per heavy atom. The Morgan fingerprint density at radius 2 is 1.29 bits per heavy atom. The van der Waals surface area contributed by atoms with Crippen LogP contribution in [0.15, 0.2) is 11.6 Å². The minimum Gasteiger partial charge on any atom is -0.489 e. The standard InChI is InChI=1S/C10H9F9O2/c11-5-6(21-4-2-1-3-20)8(14,15)10(18,19)9(16,17)7(5,12)13/h20H,1-4H2. The fraction of sp³-hybridized carbons (Fsp3) is 0.800. The van der Waals surface area contributed by atoms with Gasteiger partial charge in [0, 0.05) is 6.61 Å². The van der Waals surface area contributed by atoms with Gasteiger partial charge in [0.05, 0.1) is 6.61 Å². The fourth-order valence-corrected chi connectivity index (χ4v) is 1.50. The van der Waals surface area contributed by atoms with E-state index in [2.05, 4.69) is 4.74 Å². The second-order valence-electron chi connectivity index (χ2n) is 4.22. The predicted molar refractivity (Wildman–Crippen MR) is 50.2 cm³/mol. The molecule has 0 heterocycles. The van der Waals surface area contributed by atoms with Gasteiger partial charge in [-0.05, 0) is 12.8 Å². The lowest BCUT2D eigenvalue weighted by Gasteiger charge is -2.41. The summed E-state index contributed by atoms with van der Waals surface area (Å²) >= 11 is 0. The zero-order valence-corrected chi connectivity index (χ0v) is 10.1. The third-order valence-electron chi connectivity index (χ3n) is 2.74. The zero-order chi connectivity index (χ0) is 16.7. The van der Waals surface area contributed by atoms with Gasteiger partial charge in [0.1, 0.15) is 0 Å². The van der Waals surface area contributed by atoms with Gasteiger partial charge in [0.2, 0.25) is 11.6 Å². The molecule has 1 aliphatic rings. The average Bonchev–Trinajstić information content (AvgIpc) is 2.36. The van der Waals surface area contributed by atoms with Gasteiger partial charge in [-0.25, -0.2) is 4.39 Å². The zero-order valence-electron chi connectivity index (χ0n) is 10.1. The molecule has 0 saturated carbocycles. The minimum atomic E-state index is -6.62. The van der Waals surface area contributed by atoms with E-state index in [4.69, 9.17) is 5.11 Å². The number of halogens is 9. The molecule has 1 rings (SSSR count). The number of unbranched alkanes of at least 4 members (excludes halogenated alkanes) is 1. The predicted octanol–water partition coefficient (Wildman–Crippen LogP) is 3.51. The molecule has 0 radical (unpaired) electrons. The highest BCUT2D eigenvalue weighted by Crippen LogP contribution is 2.62. The second-order valence-corrected chi connectivity index (χ2v) is 4.22. The van der Waals surface area contributed by atoms with Crippen molar-refractivity contribution in [2.75, 3.05) is 13.2 Å². The third kappa shape index (κ3) is 2.34. The van der Waals surface area contributed by atoms with E-state index in [0.717, 1.165) is 0 Å². The summed E-state index contributed by atoms with van der Waals surface area (Å²) in [6.07, 6.45) is -0.347. The lowest BCUT2D eigenvalue weighted by molar-refractivity contribution is -0.371. The molecule has 0 aromatic heterocycles. The second kappa shape index (κ2) is 5.25. The van der Waals surface area contributed by atoms with E-state index in [1.165, 1.54) is 0 Å².